The lowest BCUT2D eigenvalue weighted by Crippen LogP contribution is -2.30. The first-order valence-corrected chi connectivity index (χ1v) is 14.1. The molecule has 5 rings (SSSR count). The first-order valence-electron chi connectivity index (χ1n) is 13.7. The van der Waals surface area contributed by atoms with E-state index in [1.165, 1.54) is 51.6 Å². The highest BCUT2D eigenvalue weighted by Gasteiger charge is 2.29. The summed E-state index contributed by atoms with van der Waals surface area (Å²) in [5.74, 6) is 1.37. The van der Waals surface area contributed by atoms with E-state index in [0.29, 0.717) is 18.2 Å². The van der Waals surface area contributed by atoms with Crippen molar-refractivity contribution >= 4 is 40.6 Å². The fourth-order valence-corrected chi connectivity index (χ4v) is 4.99. The highest BCUT2D eigenvalue weighted by Crippen LogP contribution is 2.46. The summed E-state index contributed by atoms with van der Waals surface area (Å²) in [6.45, 7) is 20.0. The average molecular weight is 595 g/mol. The van der Waals surface area contributed by atoms with Gasteiger partial charge in [0.2, 0.25) is 5.95 Å². The molecule has 2 aromatic carbocycles. The molecule has 3 heterocycles. The van der Waals surface area contributed by atoms with Crippen LogP contribution in [0.5, 0.6) is 5.75 Å². The third-order valence-electron chi connectivity index (χ3n) is 6.40. The first-order chi connectivity index (χ1) is 19.9. The highest BCUT2D eigenvalue weighted by molar-refractivity contribution is 6.30. The smallest absolute Gasteiger partial charge is 0.292 e. The van der Waals surface area contributed by atoms with Crippen LogP contribution >= 0.6 is 11.6 Å². The molecule has 1 aliphatic rings. The summed E-state index contributed by atoms with van der Waals surface area (Å²) in [5.41, 5.74) is 8.35. The van der Waals surface area contributed by atoms with Crippen LogP contribution in [0.2, 0.25) is 5.02 Å². The summed E-state index contributed by atoms with van der Waals surface area (Å²) in [7, 11) is 2.94. The normalized spacial score (nSPS) is 11.7. The Bertz CT molecular complexity index is 1450. The Hall–Kier alpha value is -3.88. The van der Waals surface area contributed by atoms with Crippen LogP contribution in [0.25, 0.3) is 22.0 Å². The van der Waals surface area contributed by atoms with Gasteiger partial charge in [0.05, 0.1) is 43.4 Å². The molecule has 0 aliphatic carbocycles. The predicted octanol–water partition coefficient (Wildman–Crippen LogP) is 7.46. The molecule has 4 aromatic rings. The zero-order valence-electron chi connectivity index (χ0n) is 26.0. The van der Waals surface area contributed by atoms with E-state index in [1.54, 1.807) is 40.3 Å². The molecule has 0 fully saturated rings. The Morgan fingerprint density at radius 3 is 2.10 bits per heavy atom. The molecule has 0 amide bonds. The number of anilines is 2. The number of aryl methyl sites for hydroxylation is 1. The van der Waals surface area contributed by atoms with Crippen molar-refractivity contribution in [1.82, 2.24) is 14.5 Å². The number of rotatable bonds is 5. The number of ether oxygens (including phenoxy) is 2. The maximum atomic E-state index is 8.95. The van der Waals surface area contributed by atoms with Crippen LogP contribution < -0.4 is 9.64 Å². The summed E-state index contributed by atoms with van der Waals surface area (Å²) in [6, 6.07) is 10.5. The summed E-state index contributed by atoms with van der Waals surface area (Å²) >= 11 is 6.18. The number of nitrogens with zero attached hydrogens (tertiary/aromatic N) is 4. The minimum Gasteiger partial charge on any atom is -0.494 e. The molecular weight excluding hydrogens is 552 g/mol. The maximum absolute atomic E-state index is 8.95. The molecule has 9 heteroatoms. The van der Waals surface area contributed by atoms with Gasteiger partial charge in [-0.1, -0.05) is 30.7 Å². The zero-order chi connectivity index (χ0) is 31.6. The van der Waals surface area contributed by atoms with Crippen molar-refractivity contribution in [1.29, 1.82) is 0 Å². The Morgan fingerprint density at radius 1 is 1.07 bits per heavy atom. The van der Waals surface area contributed by atoms with Crippen LogP contribution in [-0.2, 0) is 22.5 Å². The summed E-state index contributed by atoms with van der Waals surface area (Å²) in [6.07, 6.45) is 4.40. The minimum atomic E-state index is -0.500. The zero-order valence-corrected chi connectivity index (χ0v) is 26.7. The lowest BCUT2D eigenvalue weighted by atomic mass is 9.89. The van der Waals surface area contributed by atoms with Crippen molar-refractivity contribution in [2.75, 3.05) is 25.7 Å². The summed E-state index contributed by atoms with van der Waals surface area (Å²) < 4.78 is 11.5. The monoisotopic (exact) mass is 594 g/mol. The predicted molar refractivity (Wildman–Crippen MR) is 173 cm³/mol. The van der Waals surface area contributed by atoms with E-state index in [4.69, 9.17) is 26.2 Å². The van der Waals surface area contributed by atoms with Crippen molar-refractivity contribution in [3.8, 4) is 16.9 Å². The van der Waals surface area contributed by atoms with Crippen LogP contribution in [-0.4, -0.2) is 52.5 Å². The molecule has 0 saturated heterocycles. The molecule has 0 spiro atoms. The average Bonchev–Trinajstić information content (AvgIpc) is 3.31. The fraction of sp³-hybridized carbons (Fsp3) is 0.364. The number of hydrogen-bond acceptors (Lipinski definition) is 7. The van der Waals surface area contributed by atoms with Crippen LogP contribution in [0, 0.1) is 13.8 Å². The fourth-order valence-electron chi connectivity index (χ4n) is 4.87. The molecule has 0 bridgehead atoms. The minimum absolute atomic E-state index is 0.375. The van der Waals surface area contributed by atoms with Gasteiger partial charge < -0.3 is 24.0 Å². The quantitative estimate of drug-likeness (QED) is 0.189. The van der Waals surface area contributed by atoms with Crippen LogP contribution in [0.15, 0.2) is 55.9 Å². The standard InChI is InChI=1S/C25H25ClN4O.C4H10O.C2H4O2.C2H4/c1-5-20-16(3)23-24-21(22(20)17-6-8-18(26)9-7-17)12-15(2)29(24)10-11-30(23)25-27-13-19(31-4)14-28-25;1-4(2,3)5;1-4-2-3;1-2/h6-9,12-14H,5,10-11H2,1-4H3;5H,1-3H3;2H,1H3;1-2H2. The number of halogens is 1. The molecule has 0 saturated carbocycles. The van der Waals surface area contributed by atoms with Crippen LogP contribution in [0.4, 0.5) is 11.6 Å². The van der Waals surface area contributed by atoms with Crippen molar-refractivity contribution < 1.29 is 19.4 Å². The third-order valence-corrected chi connectivity index (χ3v) is 6.65. The molecule has 0 radical (unpaired) electrons. The van der Waals surface area contributed by atoms with Gasteiger partial charge in [0.1, 0.15) is 0 Å². The second-order valence-corrected chi connectivity index (χ2v) is 10.9. The first kappa shape index (κ1) is 34.3. The maximum Gasteiger partial charge on any atom is 0.292 e. The van der Waals surface area contributed by atoms with Gasteiger partial charge in [-0.25, -0.2) is 9.97 Å². The van der Waals surface area contributed by atoms with Crippen molar-refractivity contribution in [2.45, 2.75) is 60.1 Å². The van der Waals surface area contributed by atoms with Crippen molar-refractivity contribution in [3.05, 3.63) is 77.7 Å². The van der Waals surface area contributed by atoms with E-state index < -0.39 is 5.60 Å². The van der Waals surface area contributed by atoms with Gasteiger partial charge in [0.25, 0.3) is 6.47 Å². The number of benzene rings is 2. The lowest BCUT2D eigenvalue weighted by molar-refractivity contribution is -0.126. The van der Waals surface area contributed by atoms with E-state index in [9.17, 15) is 0 Å². The summed E-state index contributed by atoms with van der Waals surface area (Å²) in [4.78, 5) is 20.4. The van der Waals surface area contributed by atoms with E-state index >= 15 is 0 Å². The van der Waals surface area contributed by atoms with Crippen molar-refractivity contribution in [2.24, 2.45) is 0 Å². The molecule has 2 aromatic heterocycles. The van der Waals surface area contributed by atoms with E-state index in [-0.39, 0.29) is 0 Å². The topological polar surface area (TPSA) is 89.7 Å². The molecule has 226 valence electrons. The molecule has 1 N–H and O–H groups in total. The number of methoxy groups -OCH3 is 2. The highest BCUT2D eigenvalue weighted by atomic mass is 35.5. The Labute approximate surface area is 254 Å². The molecule has 0 unspecified atom stereocenters. The van der Waals surface area contributed by atoms with Gasteiger partial charge in [0, 0.05) is 29.2 Å². The van der Waals surface area contributed by atoms with Crippen LogP contribution in [0.3, 0.4) is 0 Å². The Kier molecular flexibility index (Phi) is 12.6. The largest absolute Gasteiger partial charge is 0.494 e. The van der Waals surface area contributed by atoms with Crippen LogP contribution in [0.1, 0.15) is 44.5 Å². The number of hydrogen-bond donors (Lipinski definition) is 1. The number of aliphatic hydroxyl groups is 1. The SMILES string of the molecule is C=C.CC(C)(C)O.CCc1c(C)c2c3c(cc(C)n3CCN2c2ncc(OC)cn2)c1-c1ccc(Cl)cc1.COC=O. The van der Waals surface area contributed by atoms with Gasteiger partial charge in [-0.3, -0.25) is 4.79 Å². The van der Waals surface area contributed by atoms with Gasteiger partial charge in [-0.2, -0.15) is 0 Å². The molecule has 0 atom stereocenters. The Morgan fingerprint density at radius 2 is 1.62 bits per heavy atom. The third kappa shape index (κ3) is 8.11. The second kappa shape index (κ2) is 15.4. The van der Waals surface area contributed by atoms with E-state index in [1.807, 2.05) is 12.1 Å². The van der Waals surface area contributed by atoms with Gasteiger partial charge in [-0.05, 0) is 81.5 Å². The van der Waals surface area contributed by atoms with E-state index in [0.717, 1.165) is 24.5 Å². The number of carbonyl (C=O) groups is 1. The van der Waals surface area contributed by atoms with Gasteiger partial charge in [-0.15, -0.1) is 13.2 Å². The molecule has 8 nitrogen and oxygen atoms in total. The van der Waals surface area contributed by atoms with Crippen molar-refractivity contribution in [3.63, 3.8) is 0 Å². The molecule has 1 aliphatic heterocycles. The van der Waals surface area contributed by atoms with Gasteiger partial charge in [0.15, 0.2) is 5.75 Å². The molecule has 42 heavy (non-hydrogen) atoms. The lowest BCUT2D eigenvalue weighted by Gasteiger charge is -2.33. The van der Waals surface area contributed by atoms with E-state index in [2.05, 4.69) is 76.3 Å². The molecular formula is C33H43ClN4O4. The number of carbonyl (C=O) groups excluding carboxylic acids is 1. The second-order valence-electron chi connectivity index (χ2n) is 10.5. The number of aromatic nitrogens is 3. The van der Waals surface area contributed by atoms with Gasteiger partial charge >= 0.3 is 0 Å². The Balaban J connectivity index is 0.000000486. The summed E-state index contributed by atoms with van der Waals surface area (Å²) in [5, 5.41) is 10.5.